The molecular formula is C20H36O. The Balaban J connectivity index is 2.31. The molecule has 1 heteroatoms. The largest absolute Gasteiger partial charge is 0.376 e. The molecule has 0 saturated heterocycles. The van der Waals surface area contributed by atoms with Gasteiger partial charge in [-0.05, 0) is 72.5 Å². The molecule has 0 aromatic heterocycles. The Kier molecular flexibility index (Phi) is 6.28. The van der Waals surface area contributed by atoms with Crippen molar-refractivity contribution in [2.75, 3.05) is 6.61 Å². The highest BCUT2D eigenvalue weighted by molar-refractivity contribution is 5.49. The van der Waals surface area contributed by atoms with Gasteiger partial charge in [0.05, 0.1) is 5.60 Å². The van der Waals surface area contributed by atoms with E-state index in [4.69, 9.17) is 4.74 Å². The summed E-state index contributed by atoms with van der Waals surface area (Å²) >= 11 is 0. The van der Waals surface area contributed by atoms with Gasteiger partial charge >= 0.3 is 0 Å². The van der Waals surface area contributed by atoms with Crippen LogP contribution in [0.2, 0.25) is 0 Å². The quantitative estimate of drug-likeness (QED) is 0.490. The molecule has 0 radical (unpaired) electrons. The van der Waals surface area contributed by atoms with Crippen LogP contribution in [-0.2, 0) is 4.74 Å². The maximum absolute atomic E-state index is 5.78. The number of hydrogen-bond donors (Lipinski definition) is 0. The molecule has 0 spiro atoms. The summed E-state index contributed by atoms with van der Waals surface area (Å²) in [6, 6.07) is 0. The summed E-state index contributed by atoms with van der Waals surface area (Å²) in [5, 5.41) is 0. The molecule has 0 heterocycles. The van der Waals surface area contributed by atoms with Crippen molar-refractivity contribution in [1.29, 1.82) is 0 Å². The van der Waals surface area contributed by atoms with Crippen LogP contribution in [0.25, 0.3) is 0 Å². The third-order valence-electron chi connectivity index (χ3n) is 5.45. The fraction of sp³-hybridized carbons (Fsp3) is 0.800. The Morgan fingerprint density at radius 1 is 0.810 bits per heavy atom. The molecule has 1 rings (SSSR count). The number of hydrogen-bond acceptors (Lipinski definition) is 1. The first-order valence-electron chi connectivity index (χ1n) is 8.60. The van der Waals surface area contributed by atoms with Gasteiger partial charge in [-0.1, -0.05) is 37.3 Å². The smallest absolute Gasteiger partial charge is 0.0598 e. The molecule has 0 N–H and O–H groups in total. The van der Waals surface area contributed by atoms with Crippen molar-refractivity contribution >= 4 is 0 Å². The lowest BCUT2D eigenvalue weighted by molar-refractivity contribution is -0.00477. The van der Waals surface area contributed by atoms with Gasteiger partial charge in [-0.25, -0.2) is 0 Å². The lowest BCUT2D eigenvalue weighted by Crippen LogP contribution is -2.19. The Bertz CT molecular complexity index is 394. The minimum absolute atomic E-state index is 0.0101. The van der Waals surface area contributed by atoms with Crippen molar-refractivity contribution in [2.45, 2.75) is 93.1 Å². The Morgan fingerprint density at radius 2 is 1.29 bits per heavy atom. The van der Waals surface area contributed by atoms with Crippen molar-refractivity contribution in [3.8, 4) is 0 Å². The van der Waals surface area contributed by atoms with Gasteiger partial charge in [0.25, 0.3) is 0 Å². The molecule has 1 aliphatic rings. The van der Waals surface area contributed by atoms with Crippen LogP contribution in [-0.4, -0.2) is 12.2 Å². The molecule has 0 aromatic rings. The summed E-state index contributed by atoms with van der Waals surface area (Å²) in [4.78, 5) is 0. The molecule has 0 bridgehead atoms. The van der Waals surface area contributed by atoms with E-state index < -0.39 is 0 Å². The van der Waals surface area contributed by atoms with Crippen LogP contribution in [0.15, 0.2) is 22.3 Å². The Morgan fingerprint density at radius 3 is 1.76 bits per heavy atom. The second-order valence-corrected chi connectivity index (χ2v) is 7.96. The topological polar surface area (TPSA) is 9.23 Å². The first-order valence-corrected chi connectivity index (χ1v) is 8.60. The maximum Gasteiger partial charge on any atom is 0.0598 e. The number of rotatable bonds is 7. The van der Waals surface area contributed by atoms with E-state index in [0.29, 0.717) is 5.41 Å². The van der Waals surface area contributed by atoms with Crippen molar-refractivity contribution in [1.82, 2.24) is 0 Å². The van der Waals surface area contributed by atoms with Crippen LogP contribution >= 0.6 is 0 Å². The Hall–Kier alpha value is -0.560. The van der Waals surface area contributed by atoms with E-state index in [1.807, 2.05) is 0 Å². The molecule has 0 aromatic carbocycles. The third-order valence-corrected chi connectivity index (χ3v) is 5.45. The van der Waals surface area contributed by atoms with E-state index >= 15 is 0 Å². The average Bonchev–Trinajstić information content (AvgIpc) is 2.53. The summed E-state index contributed by atoms with van der Waals surface area (Å²) in [6.45, 7) is 18.9. The van der Waals surface area contributed by atoms with Crippen molar-refractivity contribution in [3.05, 3.63) is 22.3 Å². The van der Waals surface area contributed by atoms with E-state index in [2.05, 4.69) is 55.4 Å². The molecule has 0 amide bonds. The number of allylic oxidation sites excluding steroid dienone is 4. The zero-order chi connectivity index (χ0) is 16.3. The highest BCUT2D eigenvalue weighted by Gasteiger charge is 2.35. The van der Waals surface area contributed by atoms with Crippen LogP contribution < -0.4 is 0 Å². The first-order chi connectivity index (χ1) is 9.59. The predicted octanol–water partition coefficient (Wildman–Crippen LogP) is 6.44. The highest BCUT2D eigenvalue weighted by Crippen LogP contribution is 2.49. The summed E-state index contributed by atoms with van der Waals surface area (Å²) in [7, 11) is 0. The monoisotopic (exact) mass is 292 g/mol. The minimum atomic E-state index is 0.0101. The first kappa shape index (κ1) is 18.5. The molecule has 0 unspecified atom stereocenters. The minimum Gasteiger partial charge on any atom is -0.376 e. The summed E-state index contributed by atoms with van der Waals surface area (Å²) in [5.41, 5.74) is 6.55. The lowest BCUT2D eigenvalue weighted by atomic mass is 9.75. The molecule has 0 aliphatic heterocycles. The average molecular weight is 293 g/mol. The van der Waals surface area contributed by atoms with Crippen molar-refractivity contribution in [3.63, 3.8) is 0 Å². The molecule has 1 aliphatic carbocycles. The zero-order valence-electron chi connectivity index (χ0n) is 15.7. The lowest BCUT2D eigenvalue weighted by Gasteiger charge is -2.29. The van der Waals surface area contributed by atoms with E-state index in [1.165, 1.54) is 43.3 Å². The van der Waals surface area contributed by atoms with Crippen molar-refractivity contribution in [2.24, 2.45) is 5.41 Å². The molecule has 122 valence electrons. The number of ether oxygens (including phenoxy) is 1. The van der Waals surface area contributed by atoms with Gasteiger partial charge in [0.15, 0.2) is 0 Å². The van der Waals surface area contributed by atoms with E-state index in [1.54, 1.807) is 11.1 Å². The highest BCUT2D eigenvalue weighted by atomic mass is 16.5. The molecule has 0 fully saturated rings. The molecular weight excluding hydrogens is 256 g/mol. The Labute approximate surface area is 132 Å². The van der Waals surface area contributed by atoms with E-state index in [9.17, 15) is 0 Å². The molecule has 0 saturated carbocycles. The van der Waals surface area contributed by atoms with Crippen LogP contribution in [0.3, 0.4) is 0 Å². The fourth-order valence-electron chi connectivity index (χ4n) is 3.36. The summed E-state index contributed by atoms with van der Waals surface area (Å²) in [5.74, 6) is 0. The van der Waals surface area contributed by atoms with Crippen molar-refractivity contribution < 1.29 is 4.74 Å². The van der Waals surface area contributed by atoms with E-state index in [-0.39, 0.29) is 5.60 Å². The summed E-state index contributed by atoms with van der Waals surface area (Å²) < 4.78 is 5.78. The van der Waals surface area contributed by atoms with Crippen LogP contribution in [0.5, 0.6) is 0 Å². The molecule has 0 atom stereocenters. The number of unbranched alkanes of at least 4 members (excludes halogenated alkanes) is 3. The van der Waals surface area contributed by atoms with Gasteiger partial charge in [0, 0.05) is 12.0 Å². The molecule has 1 nitrogen and oxygen atoms in total. The van der Waals surface area contributed by atoms with Gasteiger partial charge in [-0.3, -0.25) is 0 Å². The predicted molar refractivity (Wildman–Crippen MR) is 93.6 cm³/mol. The van der Waals surface area contributed by atoms with Gasteiger partial charge in [-0.2, -0.15) is 0 Å². The fourth-order valence-corrected chi connectivity index (χ4v) is 3.36. The summed E-state index contributed by atoms with van der Waals surface area (Å²) in [6.07, 6.45) is 6.41. The maximum atomic E-state index is 5.78. The van der Waals surface area contributed by atoms with Gasteiger partial charge in [-0.15, -0.1) is 0 Å². The second kappa shape index (κ2) is 7.13. The van der Waals surface area contributed by atoms with Gasteiger partial charge < -0.3 is 4.74 Å². The van der Waals surface area contributed by atoms with Gasteiger partial charge in [0.1, 0.15) is 0 Å². The van der Waals surface area contributed by atoms with E-state index in [0.717, 1.165) is 6.61 Å². The third kappa shape index (κ3) is 4.71. The van der Waals surface area contributed by atoms with Crippen LogP contribution in [0.1, 0.15) is 87.5 Å². The molecule has 21 heavy (non-hydrogen) atoms. The standard InChI is InChI=1S/C20H36O/c1-15-16(2)18(4)20(8,17(15)3)13-11-9-10-12-14-21-19(5,6)7/h9-14H2,1-8H3. The van der Waals surface area contributed by atoms with Crippen LogP contribution in [0.4, 0.5) is 0 Å². The second-order valence-electron chi connectivity index (χ2n) is 7.96. The normalized spacial score (nSPS) is 18.9. The van der Waals surface area contributed by atoms with Gasteiger partial charge in [0.2, 0.25) is 0 Å². The van der Waals surface area contributed by atoms with Crippen LogP contribution in [0, 0.1) is 5.41 Å². The SMILES string of the molecule is CC1=C(C)C(C)(CCCCCCOC(C)(C)C)C(C)=C1C. The zero-order valence-corrected chi connectivity index (χ0v) is 15.7.